The third-order valence-corrected chi connectivity index (χ3v) is 2.47. The number of benzene rings is 1. The summed E-state index contributed by atoms with van der Waals surface area (Å²) in [6.07, 6.45) is -2.66. The average molecular weight is 251 g/mol. The predicted octanol–water partition coefficient (Wildman–Crippen LogP) is 3.26. The molecule has 0 atom stereocenters. The number of rotatable bonds is 4. The number of hydrogen-bond acceptors (Lipinski definition) is 2. The number of hydrogen-bond donors (Lipinski definition) is 1. The van der Waals surface area contributed by atoms with Crippen LogP contribution in [0, 0.1) is 0 Å². The molecular weight excluding hydrogens is 242 g/mol. The fourth-order valence-corrected chi connectivity index (χ4v) is 1.54. The Hall–Kier alpha value is -0.610. The van der Waals surface area contributed by atoms with Crippen molar-refractivity contribution in [1.82, 2.24) is 0 Å². The van der Waals surface area contributed by atoms with Crippen molar-refractivity contribution in [1.29, 1.82) is 0 Å². The highest BCUT2D eigenvalue weighted by Gasteiger charge is 2.14. The van der Waals surface area contributed by atoms with Crippen molar-refractivity contribution in [2.75, 3.05) is 5.88 Å². The van der Waals surface area contributed by atoms with Gasteiger partial charge in [0.25, 0.3) is 6.43 Å². The van der Waals surface area contributed by atoms with Crippen molar-refractivity contribution >= 4 is 30.0 Å². The lowest BCUT2D eigenvalue weighted by Gasteiger charge is -2.08. The number of carbonyl (C=O) groups excluding carboxylic acids is 1. The Bertz CT molecular complexity index is 368. The molecule has 0 spiro atoms. The zero-order chi connectivity index (χ0) is 11.4. The molecule has 0 radical (unpaired) electrons. The monoisotopic (exact) mass is 250 g/mol. The largest absolute Gasteiger partial charge is 0.298 e. The summed E-state index contributed by atoms with van der Waals surface area (Å²) in [6, 6.07) is 4.22. The molecule has 1 nitrogen and oxygen atoms in total. The molecule has 0 unspecified atom stereocenters. The summed E-state index contributed by atoms with van der Waals surface area (Å²) in [6.45, 7) is 0. The maximum atomic E-state index is 12.5. The average Bonchev–Trinajstić information content (AvgIpc) is 2.17. The van der Waals surface area contributed by atoms with Gasteiger partial charge in [0.15, 0.2) is 5.78 Å². The van der Waals surface area contributed by atoms with Crippen LogP contribution in [0.15, 0.2) is 23.1 Å². The minimum Gasteiger partial charge on any atom is -0.298 e. The van der Waals surface area contributed by atoms with Gasteiger partial charge in [0, 0.05) is 16.9 Å². The van der Waals surface area contributed by atoms with Gasteiger partial charge < -0.3 is 0 Å². The minimum atomic E-state index is -2.59. The zero-order valence-electron chi connectivity index (χ0n) is 7.71. The number of alkyl halides is 3. The summed E-state index contributed by atoms with van der Waals surface area (Å²) < 4.78 is 25.1. The van der Waals surface area contributed by atoms with Crippen LogP contribution in [0.4, 0.5) is 8.78 Å². The van der Waals surface area contributed by atoms with Gasteiger partial charge in [-0.2, -0.15) is 0 Å². The van der Waals surface area contributed by atoms with Crippen molar-refractivity contribution in [3.63, 3.8) is 0 Å². The molecule has 0 N–H and O–H groups in total. The van der Waals surface area contributed by atoms with E-state index < -0.39 is 6.43 Å². The van der Waals surface area contributed by atoms with Crippen LogP contribution in [0.2, 0.25) is 0 Å². The number of ketones is 1. The summed E-state index contributed by atoms with van der Waals surface area (Å²) in [5, 5.41) is 0. The second-order valence-corrected chi connectivity index (χ2v) is 3.82. The first-order valence-electron chi connectivity index (χ1n) is 4.22. The van der Waals surface area contributed by atoms with E-state index >= 15 is 0 Å². The van der Waals surface area contributed by atoms with E-state index in [1.165, 1.54) is 18.2 Å². The zero-order valence-corrected chi connectivity index (χ0v) is 9.36. The first kappa shape index (κ1) is 12.5. The van der Waals surface area contributed by atoms with Crippen LogP contribution in [0.3, 0.4) is 0 Å². The standard InChI is InChI=1S/C10H9ClF2OS/c11-5-7(14)3-6-4-8(15)1-2-9(6)10(12)13/h1-2,4,10,15H,3,5H2. The molecule has 0 bridgehead atoms. The summed E-state index contributed by atoms with van der Waals surface area (Å²) in [5.41, 5.74) is 0.161. The molecule has 0 aliphatic carbocycles. The highest BCUT2D eigenvalue weighted by Crippen LogP contribution is 2.25. The third-order valence-electron chi connectivity index (χ3n) is 1.90. The smallest absolute Gasteiger partial charge is 0.264 e. The van der Waals surface area contributed by atoms with E-state index in [4.69, 9.17) is 11.6 Å². The fourth-order valence-electron chi connectivity index (χ4n) is 1.22. The lowest BCUT2D eigenvalue weighted by molar-refractivity contribution is -0.116. The second-order valence-electron chi connectivity index (χ2n) is 3.03. The van der Waals surface area contributed by atoms with Gasteiger partial charge in [0.05, 0.1) is 5.88 Å². The summed E-state index contributed by atoms with van der Waals surface area (Å²) >= 11 is 9.35. The Kier molecular flexibility index (Phi) is 4.54. The van der Waals surface area contributed by atoms with Crippen LogP contribution in [-0.2, 0) is 11.2 Å². The Morgan fingerprint density at radius 3 is 2.67 bits per heavy atom. The van der Waals surface area contributed by atoms with Crippen molar-refractivity contribution in [3.05, 3.63) is 29.3 Å². The quantitative estimate of drug-likeness (QED) is 0.641. The van der Waals surface area contributed by atoms with Crippen LogP contribution >= 0.6 is 24.2 Å². The summed E-state index contributed by atoms with van der Waals surface area (Å²) in [4.78, 5) is 11.6. The van der Waals surface area contributed by atoms with E-state index in [1.54, 1.807) is 0 Å². The van der Waals surface area contributed by atoms with E-state index in [9.17, 15) is 13.6 Å². The first-order valence-corrected chi connectivity index (χ1v) is 5.20. The van der Waals surface area contributed by atoms with Crippen LogP contribution in [-0.4, -0.2) is 11.7 Å². The maximum Gasteiger partial charge on any atom is 0.264 e. The highest BCUT2D eigenvalue weighted by atomic mass is 35.5. The van der Waals surface area contributed by atoms with Crippen molar-refractivity contribution < 1.29 is 13.6 Å². The molecule has 0 aliphatic heterocycles. The Labute approximate surface area is 96.8 Å². The topological polar surface area (TPSA) is 17.1 Å². The maximum absolute atomic E-state index is 12.5. The molecule has 0 fully saturated rings. The third kappa shape index (κ3) is 3.47. The second kappa shape index (κ2) is 5.47. The molecule has 82 valence electrons. The molecule has 0 saturated carbocycles. The van der Waals surface area contributed by atoms with E-state index in [0.29, 0.717) is 10.5 Å². The van der Waals surface area contributed by atoms with Gasteiger partial charge in [-0.1, -0.05) is 6.07 Å². The lowest BCUT2D eigenvalue weighted by Crippen LogP contribution is -2.06. The van der Waals surface area contributed by atoms with E-state index in [2.05, 4.69) is 12.6 Å². The van der Waals surface area contributed by atoms with Gasteiger partial charge in [-0.15, -0.1) is 24.2 Å². The Morgan fingerprint density at radius 2 is 2.13 bits per heavy atom. The van der Waals surface area contributed by atoms with Gasteiger partial charge in [-0.25, -0.2) is 8.78 Å². The molecule has 5 heteroatoms. The first-order chi connectivity index (χ1) is 7.04. The van der Waals surface area contributed by atoms with Crippen LogP contribution in [0.5, 0.6) is 0 Å². The molecule has 1 rings (SSSR count). The van der Waals surface area contributed by atoms with E-state index in [1.807, 2.05) is 0 Å². The summed E-state index contributed by atoms with van der Waals surface area (Å²) in [5.74, 6) is -0.447. The van der Waals surface area contributed by atoms with Crippen LogP contribution < -0.4 is 0 Å². The number of carbonyl (C=O) groups is 1. The number of thiol groups is 1. The molecule has 15 heavy (non-hydrogen) atoms. The predicted molar refractivity (Wildman–Crippen MR) is 58.1 cm³/mol. The van der Waals surface area contributed by atoms with Gasteiger partial charge in [-0.3, -0.25) is 4.79 Å². The normalized spacial score (nSPS) is 10.7. The number of Topliss-reactive ketones (excluding diaryl/α,β-unsaturated/α-hetero) is 1. The molecule has 0 aromatic heterocycles. The van der Waals surface area contributed by atoms with Gasteiger partial charge in [0.1, 0.15) is 0 Å². The van der Waals surface area contributed by atoms with Crippen LogP contribution in [0.1, 0.15) is 17.6 Å². The van der Waals surface area contributed by atoms with Crippen LogP contribution in [0.25, 0.3) is 0 Å². The van der Waals surface area contributed by atoms with Crippen molar-refractivity contribution in [2.24, 2.45) is 0 Å². The minimum absolute atomic E-state index is 0.0719. The molecule has 0 aliphatic rings. The molecule has 1 aromatic rings. The van der Waals surface area contributed by atoms with Gasteiger partial charge in [0.2, 0.25) is 0 Å². The van der Waals surface area contributed by atoms with Gasteiger partial charge >= 0.3 is 0 Å². The highest BCUT2D eigenvalue weighted by molar-refractivity contribution is 7.80. The Balaban J connectivity index is 3.02. The van der Waals surface area contributed by atoms with Crippen molar-refractivity contribution in [2.45, 2.75) is 17.7 Å². The lowest BCUT2D eigenvalue weighted by atomic mass is 10.0. The van der Waals surface area contributed by atoms with Crippen molar-refractivity contribution in [3.8, 4) is 0 Å². The number of halogens is 3. The SMILES string of the molecule is O=C(CCl)Cc1cc(S)ccc1C(F)F. The fraction of sp³-hybridized carbons (Fsp3) is 0.300. The molecular formula is C10H9ClF2OS. The van der Waals surface area contributed by atoms with E-state index in [-0.39, 0.29) is 23.6 Å². The molecule has 0 amide bonds. The van der Waals surface area contributed by atoms with E-state index in [0.717, 1.165) is 0 Å². The Morgan fingerprint density at radius 1 is 1.47 bits per heavy atom. The summed E-state index contributed by atoms with van der Waals surface area (Å²) in [7, 11) is 0. The molecule has 0 heterocycles. The molecule has 0 saturated heterocycles. The molecule has 1 aromatic carbocycles. The van der Waals surface area contributed by atoms with Gasteiger partial charge in [-0.05, 0) is 17.7 Å².